The number of anilines is 1. The summed E-state index contributed by atoms with van der Waals surface area (Å²) in [5.41, 5.74) is 0. The van der Waals surface area contributed by atoms with Gasteiger partial charge in [0, 0.05) is 38.0 Å². The number of amides is 2. The summed E-state index contributed by atoms with van der Waals surface area (Å²) in [6.45, 7) is 2.00. The van der Waals surface area contributed by atoms with Gasteiger partial charge in [-0.1, -0.05) is 0 Å². The topological polar surface area (TPSA) is 66.5 Å². The van der Waals surface area contributed by atoms with Gasteiger partial charge in [-0.05, 0) is 50.2 Å². The molecule has 6 nitrogen and oxygen atoms in total. The number of hydrogen-bond acceptors (Lipinski definition) is 4. The lowest BCUT2D eigenvalue weighted by Gasteiger charge is -2.30. The summed E-state index contributed by atoms with van der Waals surface area (Å²) >= 11 is 0. The van der Waals surface area contributed by atoms with Crippen LogP contribution in [0.25, 0.3) is 0 Å². The molecule has 3 aliphatic rings. The first kappa shape index (κ1) is 16.6. The van der Waals surface area contributed by atoms with E-state index < -0.39 is 0 Å². The van der Waals surface area contributed by atoms with E-state index >= 15 is 0 Å². The lowest BCUT2D eigenvalue weighted by Crippen LogP contribution is -2.49. The summed E-state index contributed by atoms with van der Waals surface area (Å²) in [5.74, 6) is 0.745. The maximum atomic E-state index is 13.8. The van der Waals surface area contributed by atoms with Gasteiger partial charge in [-0.2, -0.15) is 0 Å². The van der Waals surface area contributed by atoms with Crippen molar-refractivity contribution in [3.05, 3.63) is 24.1 Å². The van der Waals surface area contributed by atoms with Crippen LogP contribution in [-0.2, 0) is 4.74 Å². The fourth-order valence-electron chi connectivity index (χ4n) is 3.85. The number of aromatic nitrogens is 1. The van der Waals surface area contributed by atoms with E-state index in [-0.39, 0.29) is 23.9 Å². The van der Waals surface area contributed by atoms with Crippen molar-refractivity contribution in [2.24, 2.45) is 5.92 Å². The summed E-state index contributed by atoms with van der Waals surface area (Å²) in [4.78, 5) is 18.3. The molecule has 0 bridgehead atoms. The zero-order valence-corrected chi connectivity index (χ0v) is 14.3. The Morgan fingerprint density at radius 2 is 2.08 bits per heavy atom. The van der Waals surface area contributed by atoms with E-state index in [9.17, 15) is 9.18 Å². The van der Waals surface area contributed by atoms with E-state index in [1.807, 2.05) is 4.90 Å². The van der Waals surface area contributed by atoms with Gasteiger partial charge in [0.05, 0.1) is 6.10 Å². The summed E-state index contributed by atoms with van der Waals surface area (Å²) in [6.07, 6.45) is 6.99. The van der Waals surface area contributed by atoms with Crippen molar-refractivity contribution >= 4 is 11.8 Å². The molecule has 1 aromatic heterocycles. The highest BCUT2D eigenvalue weighted by atomic mass is 19.1. The third-order valence-electron chi connectivity index (χ3n) is 5.36. The number of urea groups is 1. The van der Waals surface area contributed by atoms with Crippen LogP contribution >= 0.6 is 0 Å². The van der Waals surface area contributed by atoms with E-state index in [0.29, 0.717) is 30.9 Å². The van der Waals surface area contributed by atoms with Crippen LogP contribution in [-0.4, -0.2) is 48.9 Å². The SMILES string of the molecule is O=C(N[C@@H]1CCO[C@@H](C2CC2)C1)N[C@H]1CCN(c2ncccc2F)C1. The summed E-state index contributed by atoms with van der Waals surface area (Å²) in [7, 11) is 0. The second kappa shape index (κ2) is 7.15. The molecule has 25 heavy (non-hydrogen) atoms. The molecule has 1 aromatic rings. The fraction of sp³-hybridized carbons (Fsp3) is 0.667. The van der Waals surface area contributed by atoms with E-state index in [1.165, 1.54) is 18.9 Å². The third-order valence-corrected chi connectivity index (χ3v) is 5.36. The molecule has 3 heterocycles. The lowest BCUT2D eigenvalue weighted by molar-refractivity contribution is -0.00917. The zero-order chi connectivity index (χ0) is 17.2. The van der Waals surface area contributed by atoms with Gasteiger partial charge in [-0.3, -0.25) is 0 Å². The molecule has 0 radical (unpaired) electrons. The Morgan fingerprint density at radius 1 is 1.24 bits per heavy atom. The minimum Gasteiger partial charge on any atom is -0.378 e. The van der Waals surface area contributed by atoms with Crippen LogP contribution in [0, 0.1) is 11.7 Å². The van der Waals surface area contributed by atoms with Crippen LogP contribution < -0.4 is 15.5 Å². The summed E-state index contributed by atoms with van der Waals surface area (Å²) in [5, 5.41) is 6.11. The van der Waals surface area contributed by atoms with Crippen molar-refractivity contribution in [3.63, 3.8) is 0 Å². The van der Waals surface area contributed by atoms with Gasteiger partial charge in [0.25, 0.3) is 0 Å². The highest BCUT2D eigenvalue weighted by molar-refractivity contribution is 5.74. The van der Waals surface area contributed by atoms with Crippen LogP contribution in [0.1, 0.15) is 32.1 Å². The normalized spacial score (nSPS) is 29.5. The molecule has 0 aromatic carbocycles. The van der Waals surface area contributed by atoms with Crippen molar-refractivity contribution in [3.8, 4) is 0 Å². The summed E-state index contributed by atoms with van der Waals surface area (Å²) < 4.78 is 19.6. The standard InChI is InChI=1S/C18H25FN4O2/c19-15-2-1-7-20-17(15)23-8-5-14(11-23)22-18(24)21-13-6-9-25-16(10-13)12-3-4-12/h1-2,7,12-14,16H,3-6,8-11H2,(H2,21,22,24)/t13-,14+,16-/m1/s1. The molecule has 3 fully saturated rings. The van der Waals surface area contributed by atoms with Crippen molar-refractivity contribution in [2.45, 2.75) is 50.3 Å². The number of ether oxygens (including phenoxy) is 1. The molecule has 1 saturated carbocycles. The Morgan fingerprint density at radius 3 is 2.88 bits per heavy atom. The zero-order valence-electron chi connectivity index (χ0n) is 14.3. The second-order valence-electron chi connectivity index (χ2n) is 7.33. The first-order valence-corrected chi connectivity index (χ1v) is 9.23. The molecule has 4 rings (SSSR count). The van der Waals surface area contributed by atoms with E-state index in [2.05, 4.69) is 15.6 Å². The molecule has 1 aliphatic carbocycles. The predicted octanol–water partition coefficient (Wildman–Crippen LogP) is 2.06. The van der Waals surface area contributed by atoms with Gasteiger partial charge in [0.1, 0.15) is 0 Å². The molecule has 136 valence electrons. The minimum atomic E-state index is -0.319. The van der Waals surface area contributed by atoms with Crippen LogP contribution in [0.2, 0.25) is 0 Å². The molecule has 0 unspecified atom stereocenters. The van der Waals surface area contributed by atoms with Gasteiger partial charge in [-0.25, -0.2) is 14.2 Å². The van der Waals surface area contributed by atoms with Crippen LogP contribution in [0.15, 0.2) is 18.3 Å². The quantitative estimate of drug-likeness (QED) is 0.874. The fourth-order valence-corrected chi connectivity index (χ4v) is 3.85. The van der Waals surface area contributed by atoms with Gasteiger partial charge < -0.3 is 20.3 Å². The average molecular weight is 348 g/mol. The average Bonchev–Trinajstić information content (AvgIpc) is 3.36. The van der Waals surface area contributed by atoms with Crippen LogP contribution in [0.4, 0.5) is 15.0 Å². The molecule has 3 atom stereocenters. The molecule has 2 N–H and O–H groups in total. The van der Waals surface area contributed by atoms with Gasteiger partial charge in [0.15, 0.2) is 11.6 Å². The highest BCUT2D eigenvalue weighted by Gasteiger charge is 2.36. The number of nitrogens with one attached hydrogen (secondary N) is 2. The van der Waals surface area contributed by atoms with Crippen molar-refractivity contribution < 1.29 is 13.9 Å². The molecule has 2 amide bonds. The van der Waals surface area contributed by atoms with Crippen LogP contribution in [0.5, 0.6) is 0 Å². The first-order chi connectivity index (χ1) is 12.2. The van der Waals surface area contributed by atoms with Crippen molar-refractivity contribution in [1.82, 2.24) is 15.6 Å². The molecular weight excluding hydrogens is 323 g/mol. The summed E-state index contributed by atoms with van der Waals surface area (Å²) in [6, 6.07) is 3.07. The molecule has 7 heteroatoms. The minimum absolute atomic E-state index is 0.0143. The van der Waals surface area contributed by atoms with E-state index in [1.54, 1.807) is 12.3 Å². The number of carbonyl (C=O) groups is 1. The van der Waals surface area contributed by atoms with E-state index in [4.69, 9.17) is 4.74 Å². The molecular formula is C18H25FN4O2. The Labute approximate surface area is 147 Å². The number of rotatable bonds is 4. The number of halogens is 1. The largest absolute Gasteiger partial charge is 0.378 e. The van der Waals surface area contributed by atoms with Crippen molar-refractivity contribution in [2.75, 3.05) is 24.6 Å². The maximum Gasteiger partial charge on any atom is 0.315 e. The Balaban J connectivity index is 1.25. The van der Waals surface area contributed by atoms with Gasteiger partial charge in [0.2, 0.25) is 0 Å². The first-order valence-electron chi connectivity index (χ1n) is 9.23. The van der Waals surface area contributed by atoms with Crippen molar-refractivity contribution in [1.29, 1.82) is 0 Å². The molecule has 0 spiro atoms. The molecule has 2 aliphatic heterocycles. The highest BCUT2D eigenvalue weighted by Crippen LogP contribution is 2.38. The second-order valence-corrected chi connectivity index (χ2v) is 7.33. The third kappa shape index (κ3) is 4.03. The Kier molecular flexibility index (Phi) is 4.74. The Bertz CT molecular complexity index is 625. The predicted molar refractivity (Wildman–Crippen MR) is 92.0 cm³/mol. The maximum absolute atomic E-state index is 13.8. The van der Waals surface area contributed by atoms with Gasteiger partial charge in [-0.15, -0.1) is 0 Å². The molecule has 2 saturated heterocycles. The Hall–Kier alpha value is -1.89. The number of nitrogens with zero attached hydrogens (tertiary/aromatic N) is 2. The van der Waals surface area contributed by atoms with Crippen LogP contribution in [0.3, 0.4) is 0 Å². The monoisotopic (exact) mass is 348 g/mol. The van der Waals surface area contributed by atoms with Gasteiger partial charge >= 0.3 is 6.03 Å². The number of pyridine rings is 1. The number of hydrogen-bond donors (Lipinski definition) is 2. The lowest BCUT2D eigenvalue weighted by atomic mass is 10.0. The number of carbonyl (C=O) groups excluding carboxylic acids is 1. The smallest absolute Gasteiger partial charge is 0.315 e. The van der Waals surface area contributed by atoms with E-state index in [0.717, 1.165) is 25.9 Å².